The number of hydrogen-bond acceptors (Lipinski definition) is 3. The number of primary amides is 2. The molecule has 11 heavy (non-hydrogen) atoms. The predicted octanol–water partition coefficient (Wildman–Crippen LogP) is -1.87. The molecule has 0 aromatic rings. The molecule has 0 heterocycles. The highest BCUT2D eigenvalue weighted by molar-refractivity contribution is 5.99. The van der Waals surface area contributed by atoms with Gasteiger partial charge in [0.05, 0.1) is 0 Å². The molecule has 5 nitrogen and oxygen atoms in total. The van der Waals surface area contributed by atoms with Crippen LogP contribution in [0.5, 0.6) is 0 Å². The zero-order valence-corrected chi connectivity index (χ0v) is 6.70. The lowest BCUT2D eigenvalue weighted by Gasteiger charge is -2.14. The van der Waals surface area contributed by atoms with Crippen molar-refractivity contribution in [1.82, 2.24) is 4.90 Å². The van der Waals surface area contributed by atoms with Gasteiger partial charge in [-0.3, -0.25) is 9.59 Å². The minimum absolute atomic E-state index is 0.269. The van der Waals surface area contributed by atoms with Crippen molar-refractivity contribution in [1.29, 1.82) is 0 Å². The molecule has 0 atom stereocenters. The first-order valence-electron chi connectivity index (χ1n) is 3.18. The largest absolute Gasteiger partial charge is 0.369 e. The van der Waals surface area contributed by atoms with Gasteiger partial charge in [-0.25, -0.2) is 0 Å². The van der Waals surface area contributed by atoms with Crippen LogP contribution in [0.15, 0.2) is 0 Å². The van der Waals surface area contributed by atoms with Crippen LogP contribution in [-0.2, 0) is 9.59 Å². The van der Waals surface area contributed by atoms with Gasteiger partial charge in [0.1, 0.15) is 5.92 Å². The van der Waals surface area contributed by atoms with E-state index in [4.69, 9.17) is 11.5 Å². The van der Waals surface area contributed by atoms with Crippen molar-refractivity contribution in [3.05, 3.63) is 0 Å². The molecule has 0 aromatic heterocycles. The van der Waals surface area contributed by atoms with Gasteiger partial charge >= 0.3 is 0 Å². The second-order valence-corrected chi connectivity index (χ2v) is 2.62. The van der Waals surface area contributed by atoms with Crippen molar-refractivity contribution < 1.29 is 9.59 Å². The van der Waals surface area contributed by atoms with E-state index in [0.29, 0.717) is 0 Å². The highest BCUT2D eigenvalue weighted by Gasteiger charge is 2.21. The molecule has 4 N–H and O–H groups in total. The van der Waals surface area contributed by atoms with Crippen LogP contribution in [0, 0.1) is 5.92 Å². The summed E-state index contributed by atoms with van der Waals surface area (Å²) < 4.78 is 0. The molecule has 64 valence electrons. The van der Waals surface area contributed by atoms with Gasteiger partial charge < -0.3 is 16.4 Å². The van der Waals surface area contributed by atoms with E-state index in [0.717, 1.165) is 0 Å². The molecule has 0 unspecified atom stereocenters. The third-order valence-electron chi connectivity index (χ3n) is 1.23. The summed E-state index contributed by atoms with van der Waals surface area (Å²) in [7, 11) is 3.47. The zero-order valence-electron chi connectivity index (χ0n) is 6.70. The van der Waals surface area contributed by atoms with E-state index >= 15 is 0 Å². The molecule has 0 aliphatic carbocycles. The van der Waals surface area contributed by atoms with Gasteiger partial charge in [0.15, 0.2) is 0 Å². The normalized spacial score (nSPS) is 10.5. The summed E-state index contributed by atoms with van der Waals surface area (Å²) in [5, 5.41) is 0. The van der Waals surface area contributed by atoms with Gasteiger partial charge in [-0.15, -0.1) is 0 Å². The second kappa shape index (κ2) is 3.92. The Morgan fingerprint density at radius 3 is 1.73 bits per heavy atom. The summed E-state index contributed by atoms with van der Waals surface area (Å²) in [6, 6.07) is 0. The third kappa shape index (κ3) is 3.57. The second-order valence-electron chi connectivity index (χ2n) is 2.62. The van der Waals surface area contributed by atoms with Gasteiger partial charge in [0.2, 0.25) is 11.8 Å². The van der Waals surface area contributed by atoms with Gasteiger partial charge in [0, 0.05) is 6.54 Å². The first-order valence-corrected chi connectivity index (χ1v) is 3.18. The third-order valence-corrected chi connectivity index (χ3v) is 1.23. The van der Waals surface area contributed by atoms with Crippen LogP contribution in [0.3, 0.4) is 0 Å². The first kappa shape index (κ1) is 9.90. The van der Waals surface area contributed by atoms with Crippen LogP contribution in [0.4, 0.5) is 0 Å². The van der Waals surface area contributed by atoms with Crippen LogP contribution in [0.2, 0.25) is 0 Å². The molecule has 0 aliphatic rings. The Bertz CT molecular complexity index is 153. The summed E-state index contributed by atoms with van der Waals surface area (Å²) in [4.78, 5) is 22.8. The molecule has 0 saturated carbocycles. The molecule has 0 radical (unpaired) electrons. The Morgan fingerprint density at radius 2 is 1.64 bits per heavy atom. The van der Waals surface area contributed by atoms with Gasteiger partial charge in [0.25, 0.3) is 0 Å². The fraction of sp³-hybridized carbons (Fsp3) is 0.667. The van der Waals surface area contributed by atoms with E-state index in [1.807, 2.05) is 0 Å². The van der Waals surface area contributed by atoms with Crippen LogP contribution in [0.1, 0.15) is 0 Å². The van der Waals surface area contributed by atoms with Gasteiger partial charge in [-0.05, 0) is 14.1 Å². The Hall–Kier alpha value is -1.10. The van der Waals surface area contributed by atoms with Crippen molar-refractivity contribution >= 4 is 11.8 Å². The predicted molar refractivity (Wildman–Crippen MR) is 40.4 cm³/mol. The van der Waals surface area contributed by atoms with E-state index in [2.05, 4.69) is 0 Å². The summed E-state index contributed by atoms with van der Waals surface area (Å²) in [5.74, 6) is -2.23. The lowest BCUT2D eigenvalue weighted by molar-refractivity contribution is -0.132. The standard InChI is InChI=1S/C6H13N3O2/c1-9(2)3-4(5(7)10)6(8)11/h4H,3H2,1-2H3,(H2,7,10)(H2,8,11). The van der Waals surface area contributed by atoms with Crippen LogP contribution in [-0.4, -0.2) is 37.4 Å². The molecule has 0 spiro atoms. The molecular formula is C6H13N3O2. The van der Waals surface area contributed by atoms with E-state index < -0.39 is 17.7 Å². The highest BCUT2D eigenvalue weighted by atomic mass is 16.2. The number of nitrogens with two attached hydrogens (primary N) is 2. The van der Waals surface area contributed by atoms with E-state index in [-0.39, 0.29) is 6.54 Å². The van der Waals surface area contributed by atoms with Crippen molar-refractivity contribution in [3.63, 3.8) is 0 Å². The van der Waals surface area contributed by atoms with E-state index in [1.54, 1.807) is 19.0 Å². The maximum absolute atomic E-state index is 10.6. The average molecular weight is 159 g/mol. The molecule has 0 aromatic carbocycles. The van der Waals surface area contributed by atoms with Gasteiger partial charge in [-0.2, -0.15) is 0 Å². The van der Waals surface area contributed by atoms with Gasteiger partial charge in [-0.1, -0.05) is 0 Å². The maximum Gasteiger partial charge on any atom is 0.231 e. The maximum atomic E-state index is 10.6. The fourth-order valence-corrected chi connectivity index (χ4v) is 0.685. The van der Waals surface area contributed by atoms with Crippen molar-refractivity contribution in [3.8, 4) is 0 Å². The van der Waals surface area contributed by atoms with E-state index in [9.17, 15) is 9.59 Å². The zero-order chi connectivity index (χ0) is 9.02. The summed E-state index contributed by atoms with van der Waals surface area (Å²) in [6.07, 6.45) is 0. The molecule has 0 saturated heterocycles. The quantitative estimate of drug-likeness (QED) is 0.471. The number of nitrogens with zero attached hydrogens (tertiary/aromatic N) is 1. The summed E-state index contributed by atoms with van der Waals surface area (Å²) in [5.41, 5.74) is 9.84. The average Bonchev–Trinajstić information content (AvgIpc) is 1.81. The monoisotopic (exact) mass is 159 g/mol. The van der Waals surface area contributed by atoms with Crippen LogP contribution >= 0.6 is 0 Å². The number of hydrogen-bond donors (Lipinski definition) is 2. The van der Waals surface area contributed by atoms with Crippen molar-refractivity contribution in [2.24, 2.45) is 17.4 Å². The molecular weight excluding hydrogens is 146 g/mol. The molecule has 5 heteroatoms. The first-order chi connectivity index (χ1) is 4.95. The summed E-state index contributed by atoms with van der Waals surface area (Å²) >= 11 is 0. The topological polar surface area (TPSA) is 89.4 Å². The fourth-order valence-electron chi connectivity index (χ4n) is 0.685. The SMILES string of the molecule is CN(C)CC(C(N)=O)C(N)=O. The van der Waals surface area contributed by atoms with E-state index in [1.165, 1.54) is 0 Å². The Balaban J connectivity index is 4.12. The Morgan fingerprint density at radius 1 is 1.27 bits per heavy atom. The summed E-state index contributed by atoms with van der Waals surface area (Å²) in [6.45, 7) is 0.269. The van der Waals surface area contributed by atoms with Crippen LogP contribution in [0.25, 0.3) is 0 Å². The molecule has 0 rings (SSSR count). The van der Waals surface area contributed by atoms with Crippen molar-refractivity contribution in [2.75, 3.05) is 20.6 Å². The highest BCUT2D eigenvalue weighted by Crippen LogP contribution is 1.94. The number of carbonyl (C=O) groups is 2. The molecule has 0 bridgehead atoms. The smallest absolute Gasteiger partial charge is 0.231 e. The number of rotatable bonds is 4. The van der Waals surface area contributed by atoms with Crippen LogP contribution < -0.4 is 11.5 Å². The molecule has 0 aliphatic heterocycles. The lowest BCUT2D eigenvalue weighted by atomic mass is 10.1. The molecule has 0 fully saturated rings. The van der Waals surface area contributed by atoms with Crippen molar-refractivity contribution in [2.45, 2.75) is 0 Å². The minimum Gasteiger partial charge on any atom is -0.369 e. The minimum atomic E-state index is -0.884. The number of carbonyl (C=O) groups excluding carboxylic acids is 2. The Kier molecular flexibility index (Phi) is 3.53. The molecule has 2 amide bonds. The lowest BCUT2D eigenvalue weighted by Crippen LogP contribution is -2.41. The number of amides is 2. The Labute approximate surface area is 65.3 Å².